The molecule has 0 heterocycles. The molecule has 0 bridgehead atoms. The molecule has 0 aliphatic rings. The third-order valence-corrected chi connectivity index (χ3v) is 7.16. The quantitative estimate of drug-likeness (QED) is 0.424. The van der Waals surface area contributed by atoms with Gasteiger partial charge in [0.2, 0.25) is 0 Å². The van der Waals surface area contributed by atoms with Crippen LogP contribution in [-0.4, -0.2) is 27.4 Å². The molecule has 0 radical (unpaired) electrons. The Morgan fingerprint density at radius 1 is 1.00 bits per heavy atom. The molecular weight excluding hydrogens is 199 g/mol. The van der Waals surface area contributed by atoms with E-state index in [2.05, 4.69) is 34.6 Å². The van der Waals surface area contributed by atoms with Crippen molar-refractivity contribution >= 4 is 14.1 Å². The second kappa shape index (κ2) is 9.70. The first-order chi connectivity index (χ1) is 7.06. The smallest absolute Gasteiger partial charge is 0.262 e. The second-order valence-electron chi connectivity index (χ2n) is 5.46. The summed E-state index contributed by atoms with van der Waals surface area (Å²) in [6.07, 6.45) is 1.30. The van der Waals surface area contributed by atoms with E-state index >= 15 is 0 Å². The van der Waals surface area contributed by atoms with E-state index in [4.69, 9.17) is 4.74 Å². The van der Waals surface area contributed by atoms with Crippen LogP contribution in [0.4, 0.5) is 0 Å². The van der Waals surface area contributed by atoms with Crippen LogP contribution < -0.4 is 0 Å². The normalized spacial score (nSPS) is 11.4. The van der Waals surface area contributed by atoms with Crippen molar-refractivity contribution in [3.63, 3.8) is 0 Å². The molecule has 2 heteroatoms. The molecule has 0 aromatic heterocycles. The van der Waals surface area contributed by atoms with Crippen molar-refractivity contribution in [2.75, 3.05) is 13.2 Å². The average molecular weight is 228 g/mol. The Morgan fingerprint density at radius 3 is 1.93 bits per heavy atom. The van der Waals surface area contributed by atoms with Crippen LogP contribution in [0, 0.1) is 11.8 Å². The molecular formula is C13H29AlO. The monoisotopic (exact) mass is 228 g/mol. The predicted octanol–water partition coefficient (Wildman–Crippen LogP) is 4.22. The summed E-state index contributed by atoms with van der Waals surface area (Å²) in [6, 6.07) is 0. The SMILES string of the molecule is CCOCC[CH2][Al]([CH2]C(C)C)[CH2]C(C)C. The lowest BCUT2D eigenvalue weighted by atomic mass is 10.3. The minimum absolute atomic E-state index is 0.472. The topological polar surface area (TPSA) is 9.23 Å². The molecule has 0 spiro atoms. The van der Waals surface area contributed by atoms with Crippen LogP contribution in [0.3, 0.4) is 0 Å². The van der Waals surface area contributed by atoms with E-state index in [0.29, 0.717) is 0 Å². The van der Waals surface area contributed by atoms with Gasteiger partial charge < -0.3 is 4.74 Å². The van der Waals surface area contributed by atoms with E-state index in [0.717, 1.165) is 25.0 Å². The summed E-state index contributed by atoms with van der Waals surface area (Å²) in [6.45, 7) is 13.4. The van der Waals surface area contributed by atoms with Gasteiger partial charge >= 0.3 is 0 Å². The largest absolute Gasteiger partial charge is 0.382 e. The Labute approximate surface area is 101 Å². The van der Waals surface area contributed by atoms with Gasteiger partial charge in [0, 0.05) is 13.2 Å². The van der Waals surface area contributed by atoms with Gasteiger partial charge in [0.05, 0.1) is 0 Å². The lowest BCUT2D eigenvalue weighted by Gasteiger charge is -2.16. The summed E-state index contributed by atoms with van der Waals surface area (Å²) in [4.78, 5) is 0. The molecule has 0 atom stereocenters. The van der Waals surface area contributed by atoms with E-state index in [1.165, 1.54) is 22.3 Å². The number of ether oxygens (including phenoxy) is 1. The minimum atomic E-state index is -0.472. The van der Waals surface area contributed by atoms with Gasteiger partial charge in [-0.05, 0) is 13.3 Å². The number of rotatable bonds is 9. The molecule has 0 N–H and O–H groups in total. The van der Waals surface area contributed by atoms with Crippen molar-refractivity contribution in [1.29, 1.82) is 0 Å². The molecule has 90 valence electrons. The number of hydrogen-bond acceptors (Lipinski definition) is 1. The Kier molecular flexibility index (Phi) is 10.0. The van der Waals surface area contributed by atoms with E-state index in [1.54, 1.807) is 0 Å². The van der Waals surface area contributed by atoms with Crippen LogP contribution >= 0.6 is 0 Å². The Hall–Kier alpha value is 0.492. The van der Waals surface area contributed by atoms with Gasteiger partial charge in [-0.15, -0.1) is 0 Å². The van der Waals surface area contributed by atoms with Crippen LogP contribution in [-0.2, 0) is 4.74 Å². The highest BCUT2D eigenvalue weighted by molar-refractivity contribution is 6.58. The van der Waals surface area contributed by atoms with Crippen molar-refractivity contribution < 1.29 is 4.74 Å². The zero-order chi connectivity index (χ0) is 11.7. The first kappa shape index (κ1) is 15.5. The molecule has 1 nitrogen and oxygen atoms in total. The van der Waals surface area contributed by atoms with Crippen LogP contribution in [0.2, 0.25) is 15.8 Å². The van der Waals surface area contributed by atoms with Crippen molar-refractivity contribution in [3.05, 3.63) is 0 Å². The highest BCUT2D eigenvalue weighted by Crippen LogP contribution is 2.18. The Balaban J connectivity index is 3.69. The number of hydrogen-bond donors (Lipinski definition) is 0. The Bertz CT molecular complexity index is 124. The highest BCUT2D eigenvalue weighted by atomic mass is 27.2. The van der Waals surface area contributed by atoms with E-state index in [9.17, 15) is 0 Å². The van der Waals surface area contributed by atoms with Crippen LogP contribution in [0.5, 0.6) is 0 Å². The summed E-state index contributed by atoms with van der Waals surface area (Å²) in [5.41, 5.74) is 0. The molecule has 0 aromatic carbocycles. The van der Waals surface area contributed by atoms with Crippen LogP contribution in [0.25, 0.3) is 0 Å². The molecule has 0 aliphatic carbocycles. The maximum Gasteiger partial charge on any atom is 0.262 e. The van der Waals surface area contributed by atoms with E-state index in [-0.39, 0.29) is 0 Å². The maximum atomic E-state index is 5.42. The van der Waals surface area contributed by atoms with E-state index in [1.807, 2.05) is 0 Å². The molecule has 0 aromatic rings. The summed E-state index contributed by atoms with van der Waals surface area (Å²) in [7, 11) is 0. The van der Waals surface area contributed by atoms with E-state index < -0.39 is 14.1 Å². The standard InChI is InChI=1S/C5H11O.2C4H9.Al/c1-3-5-6-4-2;2*1-4(2)3;/h1,3-5H2,2H3;2*4H,1H2,2-3H3;. The van der Waals surface area contributed by atoms with Gasteiger partial charge in [-0.2, -0.15) is 0 Å². The fraction of sp³-hybridized carbons (Fsp3) is 1.00. The van der Waals surface area contributed by atoms with Gasteiger partial charge in [0.25, 0.3) is 14.1 Å². The fourth-order valence-corrected chi connectivity index (χ4v) is 6.36. The van der Waals surface area contributed by atoms with Gasteiger partial charge in [0.15, 0.2) is 0 Å². The van der Waals surface area contributed by atoms with Crippen molar-refractivity contribution in [2.45, 2.75) is 56.9 Å². The zero-order valence-electron chi connectivity index (χ0n) is 11.4. The van der Waals surface area contributed by atoms with Gasteiger partial charge in [-0.25, -0.2) is 0 Å². The summed E-state index contributed by atoms with van der Waals surface area (Å²) >= 11 is -0.472. The molecule has 0 rings (SSSR count). The highest BCUT2D eigenvalue weighted by Gasteiger charge is 2.19. The van der Waals surface area contributed by atoms with Crippen molar-refractivity contribution in [2.24, 2.45) is 11.8 Å². The van der Waals surface area contributed by atoms with Gasteiger partial charge in [-0.1, -0.05) is 55.4 Å². The second-order valence-corrected chi connectivity index (χ2v) is 8.72. The lowest BCUT2D eigenvalue weighted by Crippen LogP contribution is -2.18. The Morgan fingerprint density at radius 2 is 1.53 bits per heavy atom. The summed E-state index contributed by atoms with van der Waals surface area (Å²) in [5.74, 6) is 1.79. The lowest BCUT2D eigenvalue weighted by molar-refractivity contribution is 0.148. The average Bonchev–Trinajstić information content (AvgIpc) is 2.10. The summed E-state index contributed by atoms with van der Waals surface area (Å²) < 4.78 is 5.42. The predicted molar refractivity (Wildman–Crippen MR) is 71.0 cm³/mol. The van der Waals surface area contributed by atoms with Gasteiger partial charge in [-0.3, -0.25) is 0 Å². The third-order valence-electron chi connectivity index (χ3n) is 2.71. The first-order valence-corrected chi connectivity index (χ1v) is 9.08. The molecule has 0 aliphatic heterocycles. The van der Waals surface area contributed by atoms with Crippen molar-refractivity contribution in [3.8, 4) is 0 Å². The molecule has 0 saturated carbocycles. The minimum Gasteiger partial charge on any atom is -0.382 e. The fourth-order valence-electron chi connectivity index (χ4n) is 2.28. The molecule has 0 amide bonds. The molecule has 0 saturated heterocycles. The van der Waals surface area contributed by atoms with Crippen LogP contribution in [0.1, 0.15) is 41.0 Å². The maximum absolute atomic E-state index is 5.42. The van der Waals surface area contributed by atoms with Crippen molar-refractivity contribution in [1.82, 2.24) is 0 Å². The zero-order valence-corrected chi connectivity index (χ0v) is 12.5. The molecule has 0 fully saturated rings. The molecule has 15 heavy (non-hydrogen) atoms. The molecule has 0 unspecified atom stereocenters. The third kappa shape index (κ3) is 10.8. The summed E-state index contributed by atoms with van der Waals surface area (Å²) in [5, 5.41) is 4.52. The first-order valence-electron chi connectivity index (χ1n) is 6.64. The van der Waals surface area contributed by atoms with Gasteiger partial charge in [0.1, 0.15) is 0 Å². The van der Waals surface area contributed by atoms with Crippen LogP contribution in [0.15, 0.2) is 0 Å².